The molecule has 8 nitrogen and oxygen atoms in total. The molecule has 0 saturated heterocycles. The predicted molar refractivity (Wildman–Crippen MR) is 96.5 cm³/mol. The van der Waals surface area contributed by atoms with E-state index in [0.29, 0.717) is 10.8 Å². The van der Waals surface area contributed by atoms with Crippen molar-refractivity contribution in [3.05, 3.63) is 59.6 Å². The molecule has 12 heteroatoms. The van der Waals surface area contributed by atoms with Crippen molar-refractivity contribution < 1.29 is 27.4 Å². The summed E-state index contributed by atoms with van der Waals surface area (Å²) in [6.45, 7) is -1.74. The van der Waals surface area contributed by atoms with Gasteiger partial charge >= 0.3 is 6.18 Å². The molecule has 1 N–H and O–H groups in total. The largest absolute Gasteiger partial charge is 0.470 e. The highest BCUT2D eigenvalue weighted by atomic mass is 35.5. The van der Waals surface area contributed by atoms with Gasteiger partial charge in [-0.05, 0) is 18.2 Å². The van der Waals surface area contributed by atoms with Crippen molar-refractivity contribution in [1.29, 1.82) is 0 Å². The van der Waals surface area contributed by atoms with Crippen LogP contribution in [0, 0.1) is 0 Å². The lowest BCUT2D eigenvalue weighted by molar-refractivity contribution is -0.182. The predicted octanol–water partition coefficient (Wildman–Crippen LogP) is 3.56. The van der Waals surface area contributed by atoms with Crippen LogP contribution in [0.2, 0.25) is 5.02 Å². The van der Waals surface area contributed by atoms with Crippen LogP contribution in [-0.4, -0.2) is 38.3 Å². The van der Waals surface area contributed by atoms with Gasteiger partial charge in [-0.15, -0.1) is 0 Å². The number of carbonyl (C=O) groups excluding carboxylic acids is 1. The highest BCUT2D eigenvalue weighted by Crippen LogP contribution is 2.23. The topological polar surface area (TPSA) is 83.2 Å². The highest BCUT2D eigenvalue weighted by Gasteiger charge is 2.27. The van der Waals surface area contributed by atoms with E-state index in [1.807, 2.05) is 0 Å². The molecule has 0 aliphatic heterocycles. The van der Waals surface area contributed by atoms with Gasteiger partial charge in [0.05, 0.1) is 23.1 Å². The maximum atomic E-state index is 12.2. The van der Waals surface area contributed by atoms with Crippen LogP contribution in [-0.2, 0) is 18.2 Å². The van der Waals surface area contributed by atoms with Crippen LogP contribution in [0.25, 0.3) is 0 Å². The molecule has 0 bridgehead atoms. The summed E-state index contributed by atoms with van der Waals surface area (Å²) in [5, 5.41) is 10.9. The van der Waals surface area contributed by atoms with Crippen molar-refractivity contribution in [1.82, 2.24) is 19.6 Å². The fourth-order valence-corrected chi connectivity index (χ4v) is 2.39. The smallest absolute Gasteiger partial charge is 0.411 e. The average Bonchev–Trinajstić information content (AvgIpc) is 3.30. The van der Waals surface area contributed by atoms with Gasteiger partial charge in [0.15, 0.2) is 12.4 Å². The van der Waals surface area contributed by atoms with E-state index in [1.54, 1.807) is 30.5 Å². The van der Waals surface area contributed by atoms with Crippen molar-refractivity contribution in [3.8, 4) is 5.75 Å². The van der Waals surface area contributed by atoms with E-state index < -0.39 is 25.4 Å². The van der Waals surface area contributed by atoms with Crippen LogP contribution in [0.1, 0.15) is 10.5 Å². The first kappa shape index (κ1) is 20.7. The second-order valence-corrected chi connectivity index (χ2v) is 6.17. The van der Waals surface area contributed by atoms with Crippen molar-refractivity contribution >= 4 is 23.2 Å². The Labute approximate surface area is 167 Å². The van der Waals surface area contributed by atoms with Gasteiger partial charge in [-0.3, -0.25) is 4.79 Å². The Morgan fingerprint density at radius 3 is 2.72 bits per heavy atom. The Bertz CT molecular complexity index is 973. The van der Waals surface area contributed by atoms with Gasteiger partial charge in [0.25, 0.3) is 5.91 Å². The zero-order chi connectivity index (χ0) is 20.9. The molecule has 1 amide bonds. The first-order chi connectivity index (χ1) is 13.8. The molecular formula is C17H15ClF3N5O3. The standard InChI is InChI=1S/C17H15ClF3N5O3/c18-13-3-1-2-4-15(13)29-11-25-6-5-14(24-25)16(27)23-12-7-22-26(8-12)10-28-9-17(19,20)21/h1-8H,9-11H2,(H,23,27). The van der Waals surface area contributed by atoms with Crippen molar-refractivity contribution in [2.24, 2.45) is 0 Å². The summed E-state index contributed by atoms with van der Waals surface area (Å²) in [6, 6.07) is 8.43. The summed E-state index contributed by atoms with van der Waals surface area (Å²) in [4.78, 5) is 12.2. The number of nitrogens with one attached hydrogen (secondary N) is 1. The molecule has 0 aliphatic carbocycles. The quantitative estimate of drug-likeness (QED) is 0.592. The van der Waals surface area contributed by atoms with E-state index in [9.17, 15) is 18.0 Å². The number of anilines is 1. The Morgan fingerprint density at radius 1 is 1.17 bits per heavy atom. The highest BCUT2D eigenvalue weighted by molar-refractivity contribution is 6.32. The molecule has 3 aromatic rings. The molecule has 0 radical (unpaired) electrons. The molecule has 154 valence electrons. The third-order valence-corrected chi connectivity index (χ3v) is 3.75. The van der Waals surface area contributed by atoms with E-state index in [4.69, 9.17) is 16.3 Å². The van der Waals surface area contributed by atoms with E-state index >= 15 is 0 Å². The SMILES string of the molecule is O=C(Nc1cnn(COCC(F)(F)F)c1)c1ccn(COc2ccccc2Cl)n1. The minimum absolute atomic E-state index is 0.0471. The number of hydrogen-bond donors (Lipinski definition) is 1. The summed E-state index contributed by atoms with van der Waals surface area (Å²) in [5.74, 6) is -0.0342. The van der Waals surface area contributed by atoms with Crippen LogP contribution in [0.15, 0.2) is 48.9 Å². The van der Waals surface area contributed by atoms with Crippen LogP contribution in [0.4, 0.5) is 18.9 Å². The van der Waals surface area contributed by atoms with Crippen molar-refractivity contribution in [2.45, 2.75) is 19.6 Å². The van der Waals surface area contributed by atoms with Gasteiger partial charge < -0.3 is 14.8 Å². The van der Waals surface area contributed by atoms with Gasteiger partial charge in [-0.2, -0.15) is 23.4 Å². The third-order valence-electron chi connectivity index (χ3n) is 3.44. The molecule has 29 heavy (non-hydrogen) atoms. The maximum absolute atomic E-state index is 12.2. The van der Waals surface area contributed by atoms with Crippen LogP contribution in [0.5, 0.6) is 5.75 Å². The van der Waals surface area contributed by atoms with Gasteiger partial charge in [-0.25, -0.2) is 9.36 Å². The number of nitrogens with zero attached hydrogens (tertiary/aromatic N) is 4. The number of para-hydroxylation sites is 1. The van der Waals surface area contributed by atoms with E-state index in [0.717, 1.165) is 4.68 Å². The maximum Gasteiger partial charge on any atom is 0.411 e. The molecule has 0 atom stereocenters. The minimum Gasteiger partial charge on any atom is -0.470 e. The number of rotatable bonds is 8. The Morgan fingerprint density at radius 2 is 1.97 bits per heavy atom. The second-order valence-electron chi connectivity index (χ2n) is 5.76. The van der Waals surface area contributed by atoms with Gasteiger partial charge in [0, 0.05) is 6.20 Å². The number of ether oxygens (including phenoxy) is 2. The first-order valence-corrected chi connectivity index (χ1v) is 8.57. The van der Waals surface area contributed by atoms with E-state index in [1.165, 1.54) is 23.1 Å². The number of hydrogen-bond acceptors (Lipinski definition) is 5. The van der Waals surface area contributed by atoms with Crippen LogP contribution >= 0.6 is 11.6 Å². The molecule has 2 aromatic heterocycles. The van der Waals surface area contributed by atoms with Gasteiger partial charge in [0.1, 0.15) is 19.1 Å². The molecule has 0 aliphatic rings. The summed E-state index contributed by atoms with van der Waals surface area (Å²) in [7, 11) is 0. The van der Waals surface area contributed by atoms with Gasteiger partial charge in [-0.1, -0.05) is 23.7 Å². The third kappa shape index (κ3) is 6.22. The lowest BCUT2D eigenvalue weighted by Gasteiger charge is -2.07. The summed E-state index contributed by atoms with van der Waals surface area (Å²) >= 11 is 6.00. The van der Waals surface area contributed by atoms with Crippen LogP contribution < -0.4 is 10.1 Å². The first-order valence-electron chi connectivity index (χ1n) is 8.19. The fourth-order valence-electron chi connectivity index (χ4n) is 2.20. The molecule has 0 unspecified atom stereocenters. The summed E-state index contributed by atoms with van der Waals surface area (Å²) < 4.78 is 48.7. The summed E-state index contributed by atoms with van der Waals surface area (Å²) in [5.41, 5.74) is 0.404. The number of halogens is 4. The molecule has 3 rings (SSSR count). The fraction of sp³-hybridized carbons (Fsp3) is 0.235. The van der Waals surface area contributed by atoms with Crippen LogP contribution in [0.3, 0.4) is 0 Å². The second kappa shape index (κ2) is 8.97. The molecule has 2 heterocycles. The molecule has 0 spiro atoms. The Balaban J connectivity index is 1.51. The number of aromatic nitrogens is 4. The van der Waals surface area contributed by atoms with E-state index in [-0.39, 0.29) is 18.1 Å². The zero-order valence-electron chi connectivity index (χ0n) is 14.8. The average molecular weight is 430 g/mol. The normalized spacial score (nSPS) is 11.4. The van der Waals surface area contributed by atoms with E-state index in [2.05, 4.69) is 20.3 Å². The van der Waals surface area contributed by atoms with Crippen molar-refractivity contribution in [3.63, 3.8) is 0 Å². The number of amides is 1. The molecule has 1 aromatic carbocycles. The van der Waals surface area contributed by atoms with Gasteiger partial charge in [0.2, 0.25) is 0 Å². The Hall–Kier alpha value is -3.05. The lowest BCUT2D eigenvalue weighted by atomic mass is 10.3. The molecular weight excluding hydrogens is 415 g/mol. The summed E-state index contributed by atoms with van der Waals surface area (Å²) in [6.07, 6.45) is -0.239. The molecule has 0 saturated carbocycles. The lowest BCUT2D eigenvalue weighted by Crippen LogP contribution is -2.18. The Kier molecular flexibility index (Phi) is 6.39. The van der Waals surface area contributed by atoms with Crippen molar-refractivity contribution in [2.75, 3.05) is 11.9 Å². The number of benzene rings is 1. The number of alkyl halides is 3. The number of carbonyl (C=O) groups is 1. The molecule has 0 fully saturated rings. The minimum atomic E-state index is -4.42. The zero-order valence-corrected chi connectivity index (χ0v) is 15.5. The monoisotopic (exact) mass is 429 g/mol.